The first-order valence-corrected chi connectivity index (χ1v) is 14.4. The lowest BCUT2D eigenvalue weighted by molar-refractivity contribution is -0.117. The number of benzene rings is 2. The van der Waals surface area contributed by atoms with Crippen molar-refractivity contribution in [2.75, 3.05) is 32.1 Å². The third-order valence-electron chi connectivity index (χ3n) is 6.98. The largest absolute Gasteiger partial charge is 0.497 e. The van der Waals surface area contributed by atoms with Gasteiger partial charge < -0.3 is 14.4 Å². The van der Waals surface area contributed by atoms with Crippen molar-refractivity contribution < 1.29 is 19.1 Å². The highest BCUT2D eigenvalue weighted by molar-refractivity contribution is 7.12. The number of hydrogen-bond acceptors (Lipinski definition) is 6. The van der Waals surface area contributed by atoms with Crippen LogP contribution >= 0.6 is 11.3 Å². The molecule has 1 aliphatic rings. The fraction of sp³-hybridized carbons (Fsp3) is 0.323. The molecule has 0 spiro atoms. The molecular formula is C31H34N4O4S. The normalized spacial score (nSPS) is 14.8. The summed E-state index contributed by atoms with van der Waals surface area (Å²) < 4.78 is 12.9. The molecule has 1 fully saturated rings. The molecule has 0 unspecified atom stereocenters. The van der Waals surface area contributed by atoms with Gasteiger partial charge in [-0.15, -0.1) is 11.3 Å². The summed E-state index contributed by atoms with van der Waals surface area (Å²) in [7, 11) is 1.63. The monoisotopic (exact) mass is 558 g/mol. The fourth-order valence-electron chi connectivity index (χ4n) is 4.73. The van der Waals surface area contributed by atoms with E-state index in [1.165, 1.54) is 16.9 Å². The van der Waals surface area contributed by atoms with Gasteiger partial charge in [0.25, 0.3) is 5.91 Å². The molecule has 40 heavy (non-hydrogen) atoms. The van der Waals surface area contributed by atoms with E-state index in [0.29, 0.717) is 35.6 Å². The maximum absolute atomic E-state index is 13.4. The van der Waals surface area contributed by atoms with Crippen LogP contribution in [0.1, 0.15) is 47.8 Å². The molecule has 9 heteroatoms. The van der Waals surface area contributed by atoms with Gasteiger partial charge in [0.1, 0.15) is 12.3 Å². The average molecular weight is 559 g/mol. The molecule has 208 valence electrons. The van der Waals surface area contributed by atoms with Crippen LogP contribution in [0.15, 0.2) is 72.2 Å². The van der Waals surface area contributed by atoms with E-state index >= 15 is 0 Å². The Morgan fingerprint density at radius 1 is 1.15 bits per heavy atom. The number of rotatable bonds is 10. The van der Waals surface area contributed by atoms with E-state index in [1.807, 2.05) is 58.6 Å². The van der Waals surface area contributed by atoms with Crippen molar-refractivity contribution in [1.29, 1.82) is 0 Å². The molecule has 3 heterocycles. The second kappa shape index (κ2) is 12.5. The van der Waals surface area contributed by atoms with Gasteiger partial charge in [-0.1, -0.05) is 32.0 Å². The predicted molar refractivity (Wildman–Crippen MR) is 157 cm³/mol. The van der Waals surface area contributed by atoms with Crippen molar-refractivity contribution in [3.63, 3.8) is 0 Å². The van der Waals surface area contributed by atoms with Crippen LogP contribution in [0.5, 0.6) is 5.75 Å². The standard InChI is InChI=1S/C31H34N4O4S/c1-21(2)22-8-12-24(13-9-22)35-19-27(23-10-14-25(38-3)15-11-23)32-31(35)33-29(36)20-34(18-26-6-4-16-39-26)30(37)28-7-5-17-40-28/h5,7-15,17,19,21,26H,4,6,16,18,20H2,1-3H3,(H,32,33,36)/t26-/m1/s1. The average Bonchev–Trinajstić information content (AvgIpc) is 3.75. The number of thiophene rings is 1. The summed E-state index contributed by atoms with van der Waals surface area (Å²) in [6.45, 7) is 5.25. The van der Waals surface area contributed by atoms with E-state index < -0.39 is 0 Å². The molecule has 5 rings (SSSR count). The number of aromatic nitrogens is 2. The lowest BCUT2D eigenvalue weighted by Crippen LogP contribution is -2.42. The zero-order valence-electron chi connectivity index (χ0n) is 23.0. The van der Waals surface area contributed by atoms with Gasteiger partial charge in [-0.2, -0.15) is 0 Å². The number of nitrogens with zero attached hydrogens (tertiary/aromatic N) is 3. The molecule has 1 saturated heterocycles. The van der Waals surface area contributed by atoms with Gasteiger partial charge in [-0.05, 0) is 72.2 Å². The number of carbonyl (C=O) groups excluding carboxylic acids is 2. The van der Waals surface area contributed by atoms with Crippen LogP contribution in [-0.4, -0.2) is 59.2 Å². The van der Waals surface area contributed by atoms with E-state index in [1.54, 1.807) is 18.1 Å². The van der Waals surface area contributed by atoms with E-state index in [4.69, 9.17) is 14.5 Å². The van der Waals surface area contributed by atoms with Crippen LogP contribution in [0.4, 0.5) is 5.95 Å². The van der Waals surface area contributed by atoms with Crippen LogP contribution in [0.25, 0.3) is 16.9 Å². The number of carbonyl (C=O) groups is 2. The number of ether oxygens (including phenoxy) is 2. The molecule has 1 N–H and O–H groups in total. The van der Waals surface area contributed by atoms with Gasteiger partial charge in [0.2, 0.25) is 11.9 Å². The molecule has 0 aliphatic carbocycles. The van der Waals surface area contributed by atoms with Crippen LogP contribution in [0, 0.1) is 0 Å². The van der Waals surface area contributed by atoms with Crippen LogP contribution in [0.2, 0.25) is 0 Å². The Hall–Kier alpha value is -3.95. The fourth-order valence-corrected chi connectivity index (χ4v) is 5.42. The smallest absolute Gasteiger partial charge is 0.264 e. The summed E-state index contributed by atoms with van der Waals surface area (Å²) in [5, 5.41) is 4.83. The van der Waals surface area contributed by atoms with Crippen LogP contribution < -0.4 is 10.1 Å². The quantitative estimate of drug-likeness (QED) is 0.258. The number of anilines is 1. The van der Waals surface area contributed by atoms with Crippen LogP contribution in [-0.2, 0) is 9.53 Å². The second-order valence-corrected chi connectivity index (χ2v) is 11.1. The maximum atomic E-state index is 13.4. The predicted octanol–water partition coefficient (Wildman–Crippen LogP) is 5.99. The molecule has 1 aliphatic heterocycles. The van der Waals surface area contributed by atoms with Gasteiger partial charge in [0, 0.05) is 30.6 Å². The molecule has 4 aromatic rings. The summed E-state index contributed by atoms with van der Waals surface area (Å²) in [6, 6.07) is 19.5. The lowest BCUT2D eigenvalue weighted by atomic mass is 10.0. The Morgan fingerprint density at radius 2 is 1.93 bits per heavy atom. The first kappa shape index (κ1) is 27.6. The topological polar surface area (TPSA) is 85.7 Å². The number of amides is 2. The molecule has 1 atom stereocenters. The zero-order valence-corrected chi connectivity index (χ0v) is 23.8. The van der Waals surface area contributed by atoms with Crippen molar-refractivity contribution in [2.45, 2.75) is 38.7 Å². The Labute approximate surface area is 238 Å². The lowest BCUT2D eigenvalue weighted by Gasteiger charge is -2.24. The highest BCUT2D eigenvalue weighted by atomic mass is 32.1. The molecule has 2 amide bonds. The van der Waals surface area contributed by atoms with Crippen molar-refractivity contribution >= 4 is 29.1 Å². The van der Waals surface area contributed by atoms with Gasteiger partial charge in [-0.3, -0.25) is 19.5 Å². The first-order chi connectivity index (χ1) is 19.4. The Kier molecular flexibility index (Phi) is 8.62. The van der Waals surface area contributed by atoms with E-state index in [0.717, 1.165) is 29.8 Å². The highest BCUT2D eigenvalue weighted by Gasteiger charge is 2.26. The summed E-state index contributed by atoms with van der Waals surface area (Å²) in [5.41, 5.74) is 3.69. The molecule has 0 radical (unpaired) electrons. The number of methoxy groups -OCH3 is 1. The number of nitrogens with one attached hydrogen (secondary N) is 1. The Balaban J connectivity index is 1.42. The zero-order chi connectivity index (χ0) is 28.1. The van der Waals surface area contributed by atoms with Crippen LogP contribution in [0.3, 0.4) is 0 Å². The minimum Gasteiger partial charge on any atom is -0.497 e. The van der Waals surface area contributed by atoms with Crippen molar-refractivity contribution in [1.82, 2.24) is 14.5 Å². The van der Waals surface area contributed by atoms with E-state index in [2.05, 4.69) is 31.3 Å². The highest BCUT2D eigenvalue weighted by Crippen LogP contribution is 2.27. The van der Waals surface area contributed by atoms with Crippen molar-refractivity contribution in [2.24, 2.45) is 0 Å². The Morgan fingerprint density at radius 3 is 2.55 bits per heavy atom. The molecule has 2 aromatic carbocycles. The van der Waals surface area contributed by atoms with Gasteiger partial charge in [0.05, 0.1) is 23.8 Å². The van der Waals surface area contributed by atoms with Gasteiger partial charge >= 0.3 is 0 Å². The number of imidazole rings is 1. The number of hydrogen-bond donors (Lipinski definition) is 1. The third-order valence-corrected chi connectivity index (χ3v) is 7.84. The maximum Gasteiger partial charge on any atom is 0.264 e. The summed E-state index contributed by atoms with van der Waals surface area (Å²) in [5.74, 6) is 1.04. The minimum absolute atomic E-state index is 0.0696. The third kappa shape index (κ3) is 6.43. The molecule has 0 saturated carbocycles. The van der Waals surface area contributed by atoms with E-state index in [9.17, 15) is 9.59 Å². The Bertz CT molecular complexity index is 1420. The second-order valence-electron chi connectivity index (χ2n) is 10.1. The molecule has 2 aromatic heterocycles. The summed E-state index contributed by atoms with van der Waals surface area (Å²) in [6.07, 6.45) is 3.67. The molecule has 0 bridgehead atoms. The van der Waals surface area contributed by atoms with E-state index in [-0.39, 0.29) is 24.5 Å². The van der Waals surface area contributed by atoms with Gasteiger partial charge in [-0.25, -0.2) is 4.98 Å². The summed E-state index contributed by atoms with van der Waals surface area (Å²) >= 11 is 1.37. The van der Waals surface area contributed by atoms with Crippen molar-refractivity contribution in [3.05, 3.63) is 82.7 Å². The minimum atomic E-state index is -0.324. The summed E-state index contributed by atoms with van der Waals surface area (Å²) in [4.78, 5) is 33.6. The van der Waals surface area contributed by atoms with Crippen molar-refractivity contribution in [3.8, 4) is 22.7 Å². The SMILES string of the molecule is COc1ccc(-c2cn(-c3ccc(C(C)C)cc3)c(NC(=O)CN(C[C@H]3CCCO3)C(=O)c3cccs3)n2)cc1. The first-order valence-electron chi connectivity index (χ1n) is 13.5. The van der Waals surface area contributed by atoms with Gasteiger partial charge in [0.15, 0.2) is 0 Å². The molecule has 8 nitrogen and oxygen atoms in total. The molecular weight excluding hydrogens is 524 g/mol.